The number of halogens is 1. The van der Waals surface area contributed by atoms with Gasteiger partial charge < -0.3 is 9.47 Å². The summed E-state index contributed by atoms with van der Waals surface area (Å²) in [4.78, 5) is 7.20. The molecular weight excluding hydrogens is 475 g/mol. The van der Waals surface area contributed by atoms with E-state index < -0.39 is 10.0 Å². The molecule has 2 heterocycles. The molecule has 5 rings (SSSR count). The van der Waals surface area contributed by atoms with E-state index in [2.05, 4.69) is 20.3 Å². The molecule has 1 aliphatic rings. The van der Waals surface area contributed by atoms with E-state index in [0.717, 1.165) is 54.0 Å². The SMILES string of the molecule is O=S(=O)(CCc1ccccc1)NCC1CCN(c2nc3ccccc3n2Cc2ccc(F)cc2)CC1. The first kappa shape index (κ1) is 24.5. The van der Waals surface area contributed by atoms with Crippen LogP contribution < -0.4 is 9.62 Å². The first-order valence-corrected chi connectivity index (χ1v) is 14.1. The van der Waals surface area contributed by atoms with Gasteiger partial charge in [-0.2, -0.15) is 0 Å². The number of rotatable bonds is 9. The third kappa shape index (κ3) is 5.94. The van der Waals surface area contributed by atoms with Crippen LogP contribution in [0, 0.1) is 11.7 Å². The molecule has 0 saturated carbocycles. The predicted octanol–water partition coefficient (Wildman–Crippen LogP) is 4.60. The molecule has 0 radical (unpaired) electrons. The number of imidazole rings is 1. The largest absolute Gasteiger partial charge is 0.342 e. The standard InChI is InChI=1S/C28H31FN4O2S/c29-25-12-10-24(11-13-25)21-33-27-9-5-4-8-26(27)31-28(33)32-17-14-23(15-18-32)20-30-36(34,35)19-16-22-6-2-1-3-7-22/h1-13,23,30H,14-21H2. The normalized spacial score (nSPS) is 15.0. The Hall–Kier alpha value is -3.23. The quantitative estimate of drug-likeness (QED) is 0.360. The first-order chi connectivity index (χ1) is 17.5. The highest BCUT2D eigenvalue weighted by atomic mass is 32.2. The van der Waals surface area contributed by atoms with Crippen molar-refractivity contribution in [3.8, 4) is 0 Å². The lowest BCUT2D eigenvalue weighted by molar-refractivity contribution is 0.397. The van der Waals surface area contributed by atoms with Crippen molar-refractivity contribution >= 4 is 27.0 Å². The highest BCUT2D eigenvalue weighted by molar-refractivity contribution is 7.89. The molecule has 1 N–H and O–H groups in total. The van der Waals surface area contributed by atoms with Crippen molar-refractivity contribution < 1.29 is 12.8 Å². The van der Waals surface area contributed by atoms with Crippen LogP contribution in [-0.4, -0.2) is 43.4 Å². The summed E-state index contributed by atoms with van der Waals surface area (Å²) >= 11 is 0. The van der Waals surface area contributed by atoms with E-state index in [0.29, 0.717) is 25.4 Å². The number of para-hydroxylation sites is 2. The molecule has 188 valence electrons. The number of aromatic nitrogens is 2. The van der Waals surface area contributed by atoms with Gasteiger partial charge in [0.25, 0.3) is 0 Å². The number of hydrogen-bond acceptors (Lipinski definition) is 4. The van der Waals surface area contributed by atoms with Gasteiger partial charge in [0, 0.05) is 19.6 Å². The Morgan fingerprint density at radius 3 is 2.33 bits per heavy atom. The average Bonchev–Trinajstić information content (AvgIpc) is 3.27. The third-order valence-corrected chi connectivity index (χ3v) is 8.23. The van der Waals surface area contributed by atoms with Gasteiger partial charge >= 0.3 is 0 Å². The van der Waals surface area contributed by atoms with Crippen LogP contribution >= 0.6 is 0 Å². The Balaban J connectivity index is 1.21. The Bertz CT molecular complexity index is 1400. The molecule has 8 heteroatoms. The maximum absolute atomic E-state index is 13.4. The highest BCUT2D eigenvalue weighted by Gasteiger charge is 2.25. The number of piperidine rings is 1. The van der Waals surface area contributed by atoms with Crippen LogP contribution in [0.3, 0.4) is 0 Å². The van der Waals surface area contributed by atoms with E-state index in [1.165, 1.54) is 12.1 Å². The molecule has 4 aromatic rings. The Labute approximate surface area is 211 Å². The monoisotopic (exact) mass is 506 g/mol. The average molecular weight is 507 g/mol. The van der Waals surface area contributed by atoms with E-state index in [-0.39, 0.29) is 11.6 Å². The second-order valence-corrected chi connectivity index (χ2v) is 11.4. The Morgan fingerprint density at radius 2 is 1.58 bits per heavy atom. The van der Waals surface area contributed by atoms with E-state index >= 15 is 0 Å². The Kier molecular flexibility index (Phi) is 7.34. The minimum Gasteiger partial charge on any atom is -0.342 e. The van der Waals surface area contributed by atoms with Crippen molar-refractivity contribution in [3.63, 3.8) is 0 Å². The number of hydrogen-bond donors (Lipinski definition) is 1. The maximum atomic E-state index is 13.4. The van der Waals surface area contributed by atoms with Crippen molar-refractivity contribution in [2.45, 2.75) is 25.8 Å². The number of aryl methyl sites for hydroxylation is 1. The van der Waals surface area contributed by atoms with Crippen LogP contribution in [0.15, 0.2) is 78.9 Å². The van der Waals surface area contributed by atoms with Crippen LogP contribution in [0.25, 0.3) is 11.0 Å². The summed E-state index contributed by atoms with van der Waals surface area (Å²) in [7, 11) is -3.31. The number of nitrogens with zero attached hydrogens (tertiary/aromatic N) is 3. The third-order valence-electron chi connectivity index (χ3n) is 6.88. The lowest BCUT2D eigenvalue weighted by Crippen LogP contribution is -2.40. The molecule has 6 nitrogen and oxygen atoms in total. The maximum Gasteiger partial charge on any atom is 0.211 e. The zero-order valence-corrected chi connectivity index (χ0v) is 21.0. The fourth-order valence-electron chi connectivity index (χ4n) is 4.78. The molecule has 1 fully saturated rings. The number of fused-ring (bicyclic) bond motifs is 1. The second kappa shape index (κ2) is 10.8. The first-order valence-electron chi connectivity index (χ1n) is 12.4. The van der Waals surface area contributed by atoms with Crippen LogP contribution in [0.4, 0.5) is 10.3 Å². The smallest absolute Gasteiger partial charge is 0.211 e. The molecular formula is C28H31FN4O2S. The number of benzene rings is 3. The fraction of sp³-hybridized carbons (Fsp3) is 0.321. The van der Waals surface area contributed by atoms with Crippen molar-refractivity contribution in [2.75, 3.05) is 30.3 Å². The van der Waals surface area contributed by atoms with Gasteiger partial charge in [-0.25, -0.2) is 22.5 Å². The van der Waals surface area contributed by atoms with Gasteiger partial charge in [0.1, 0.15) is 5.82 Å². The van der Waals surface area contributed by atoms with Crippen molar-refractivity contribution in [1.82, 2.24) is 14.3 Å². The van der Waals surface area contributed by atoms with Gasteiger partial charge in [-0.1, -0.05) is 54.6 Å². The van der Waals surface area contributed by atoms with Crippen LogP contribution in [0.5, 0.6) is 0 Å². The summed E-state index contributed by atoms with van der Waals surface area (Å²) < 4.78 is 43.5. The van der Waals surface area contributed by atoms with Crippen molar-refractivity contribution in [2.24, 2.45) is 5.92 Å². The minimum absolute atomic E-state index is 0.100. The summed E-state index contributed by atoms with van der Waals surface area (Å²) in [6, 6.07) is 24.3. The highest BCUT2D eigenvalue weighted by Crippen LogP contribution is 2.28. The summed E-state index contributed by atoms with van der Waals surface area (Å²) in [5.41, 5.74) is 4.02. The zero-order valence-electron chi connectivity index (χ0n) is 20.2. The molecule has 0 bridgehead atoms. The molecule has 0 spiro atoms. The summed E-state index contributed by atoms with van der Waals surface area (Å²) in [6.07, 6.45) is 2.29. The number of anilines is 1. The molecule has 1 aromatic heterocycles. The van der Waals surface area contributed by atoms with Gasteiger partial charge in [-0.05, 0) is 60.6 Å². The molecule has 36 heavy (non-hydrogen) atoms. The van der Waals surface area contributed by atoms with Crippen molar-refractivity contribution in [3.05, 3.63) is 95.8 Å². The summed E-state index contributed by atoms with van der Waals surface area (Å²) in [6.45, 7) is 2.69. The summed E-state index contributed by atoms with van der Waals surface area (Å²) in [5, 5.41) is 0. The van der Waals surface area contributed by atoms with Gasteiger partial charge in [0.15, 0.2) is 0 Å². The predicted molar refractivity (Wildman–Crippen MR) is 142 cm³/mol. The van der Waals surface area contributed by atoms with Crippen LogP contribution in [-0.2, 0) is 23.0 Å². The van der Waals surface area contributed by atoms with Gasteiger partial charge in [-0.15, -0.1) is 0 Å². The molecule has 0 unspecified atom stereocenters. The van der Waals surface area contributed by atoms with Gasteiger partial charge in [0.2, 0.25) is 16.0 Å². The van der Waals surface area contributed by atoms with E-state index in [1.54, 1.807) is 0 Å². The van der Waals surface area contributed by atoms with Crippen molar-refractivity contribution in [1.29, 1.82) is 0 Å². The molecule has 1 saturated heterocycles. The van der Waals surface area contributed by atoms with Gasteiger partial charge in [0.05, 0.1) is 23.3 Å². The number of sulfonamides is 1. The summed E-state index contributed by atoms with van der Waals surface area (Å²) in [5.74, 6) is 1.06. The molecule has 0 aliphatic carbocycles. The van der Waals surface area contributed by atoms with E-state index in [4.69, 9.17) is 4.98 Å². The second-order valence-electron chi connectivity index (χ2n) is 9.45. The molecule has 1 aliphatic heterocycles. The zero-order chi connectivity index (χ0) is 25.0. The number of nitrogens with one attached hydrogen (secondary N) is 1. The lowest BCUT2D eigenvalue weighted by atomic mass is 9.97. The van der Waals surface area contributed by atoms with Crippen LogP contribution in [0.2, 0.25) is 0 Å². The molecule has 0 amide bonds. The minimum atomic E-state index is -3.31. The van der Waals surface area contributed by atoms with Gasteiger partial charge in [-0.3, -0.25) is 0 Å². The Morgan fingerprint density at radius 1 is 0.889 bits per heavy atom. The fourth-order valence-corrected chi connectivity index (χ4v) is 5.92. The van der Waals surface area contributed by atoms with Crippen LogP contribution in [0.1, 0.15) is 24.0 Å². The van der Waals surface area contributed by atoms with E-state index in [9.17, 15) is 12.8 Å². The van der Waals surface area contributed by atoms with E-state index in [1.807, 2.05) is 60.7 Å². The molecule has 3 aromatic carbocycles. The lowest BCUT2D eigenvalue weighted by Gasteiger charge is -2.33. The molecule has 0 atom stereocenters. The topological polar surface area (TPSA) is 67.2 Å².